The van der Waals surface area contributed by atoms with E-state index >= 15 is 0 Å². The lowest BCUT2D eigenvalue weighted by Crippen LogP contribution is -2.39. The van der Waals surface area contributed by atoms with Crippen molar-refractivity contribution >= 4 is 33.9 Å². The van der Waals surface area contributed by atoms with Crippen LogP contribution in [0.4, 0.5) is 5.69 Å². The smallest absolute Gasteiger partial charge is 0.254 e. The Labute approximate surface area is 226 Å². The molecule has 0 spiro atoms. The molecule has 2 heterocycles. The van der Waals surface area contributed by atoms with Crippen molar-refractivity contribution in [3.8, 4) is 11.1 Å². The van der Waals surface area contributed by atoms with Crippen molar-refractivity contribution in [2.24, 2.45) is 0 Å². The number of rotatable bonds is 7. The van der Waals surface area contributed by atoms with Gasteiger partial charge in [-0.3, -0.25) is 4.79 Å². The molecule has 1 amide bonds. The van der Waals surface area contributed by atoms with E-state index in [2.05, 4.69) is 23.5 Å². The second kappa shape index (κ2) is 10.8. The number of hydrogen-bond acceptors (Lipinski definition) is 3. The van der Waals surface area contributed by atoms with Crippen LogP contribution in [0.2, 0.25) is 0 Å². The highest BCUT2D eigenvalue weighted by Gasteiger charge is 2.29. The number of nitrogens with zero attached hydrogens (tertiary/aromatic N) is 2. The van der Waals surface area contributed by atoms with Crippen LogP contribution in [-0.2, 0) is 11.4 Å². The molecule has 5 nitrogen and oxygen atoms in total. The van der Waals surface area contributed by atoms with Crippen LogP contribution in [0.15, 0.2) is 120 Å². The van der Waals surface area contributed by atoms with Crippen LogP contribution in [0.3, 0.4) is 0 Å². The molecule has 4 aromatic carbocycles. The third-order valence-corrected chi connectivity index (χ3v) is 8.53. The fourth-order valence-electron chi connectivity index (χ4n) is 5.24. The standard InChI is InChI=1S/C32H29N3O2S/c36-32(34-21-9-14-27(34)22-33-26-12-5-2-6-13-26)25-17-19-28(20-18-25)38(37)35-23-30(24-10-3-1-4-11-24)29-15-7-8-16-31(29)35/h1-8,10-13,15-20,23,27,33H,9,14,21-22H2. The summed E-state index contributed by atoms with van der Waals surface area (Å²) in [6.07, 6.45) is 3.95. The lowest BCUT2D eigenvalue weighted by Gasteiger charge is -2.25. The van der Waals surface area contributed by atoms with E-state index in [9.17, 15) is 9.35 Å². The van der Waals surface area contributed by atoms with Gasteiger partial charge in [0.2, 0.25) is 0 Å². The summed E-state index contributed by atoms with van der Waals surface area (Å²) >= 11 is -1.45. The largest absolute Gasteiger partial charge is 0.587 e. The van der Waals surface area contributed by atoms with Gasteiger partial charge in [0.15, 0.2) is 4.90 Å². The van der Waals surface area contributed by atoms with Crippen LogP contribution in [0.5, 0.6) is 0 Å². The van der Waals surface area contributed by atoms with Crippen LogP contribution >= 0.6 is 0 Å². The van der Waals surface area contributed by atoms with Gasteiger partial charge in [-0.1, -0.05) is 66.7 Å². The number of amides is 1. The first-order valence-electron chi connectivity index (χ1n) is 13.0. The van der Waals surface area contributed by atoms with Gasteiger partial charge in [-0.25, -0.2) is 0 Å². The van der Waals surface area contributed by atoms with Crippen LogP contribution in [0, 0.1) is 0 Å². The maximum atomic E-state index is 13.7. The van der Waals surface area contributed by atoms with Crippen molar-refractivity contribution in [1.82, 2.24) is 8.87 Å². The van der Waals surface area contributed by atoms with Gasteiger partial charge in [-0.15, -0.1) is 0 Å². The molecule has 1 aliphatic heterocycles. The fraction of sp³-hybridized carbons (Fsp3) is 0.156. The Balaban J connectivity index is 1.21. The summed E-state index contributed by atoms with van der Waals surface area (Å²) in [4.78, 5) is 16.0. The number of nitrogens with one attached hydrogen (secondary N) is 1. The summed E-state index contributed by atoms with van der Waals surface area (Å²) in [6.45, 7) is 1.48. The molecule has 0 saturated carbocycles. The number of carbonyl (C=O) groups is 1. The number of aromatic nitrogens is 1. The lowest BCUT2D eigenvalue weighted by atomic mass is 10.1. The number of hydrogen-bond donors (Lipinski definition) is 1. The second-order valence-corrected chi connectivity index (χ2v) is 10.9. The summed E-state index contributed by atoms with van der Waals surface area (Å²) in [5, 5.41) is 4.51. The van der Waals surface area contributed by atoms with Crippen LogP contribution in [-0.4, -0.2) is 38.5 Å². The quantitative estimate of drug-likeness (QED) is 0.247. The van der Waals surface area contributed by atoms with E-state index in [4.69, 9.17) is 0 Å². The fourth-order valence-corrected chi connectivity index (χ4v) is 6.37. The average molecular weight is 520 g/mol. The number of benzene rings is 4. The number of fused-ring (bicyclic) bond motifs is 1. The normalized spacial score (nSPS) is 16.0. The molecule has 0 aliphatic carbocycles. The summed E-state index contributed by atoms with van der Waals surface area (Å²) in [6, 6.07) is 35.6. The first-order valence-corrected chi connectivity index (χ1v) is 14.1. The number of carbonyl (C=O) groups excluding carboxylic acids is 1. The van der Waals surface area contributed by atoms with Gasteiger partial charge < -0.3 is 14.8 Å². The molecule has 1 aromatic heterocycles. The first kappa shape index (κ1) is 24.3. The summed E-state index contributed by atoms with van der Waals surface area (Å²) in [7, 11) is 0. The maximum absolute atomic E-state index is 13.7. The van der Waals surface area contributed by atoms with E-state index in [1.165, 1.54) is 0 Å². The molecule has 38 heavy (non-hydrogen) atoms. The lowest BCUT2D eigenvalue weighted by molar-refractivity contribution is 0.0743. The van der Waals surface area contributed by atoms with E-state index in [0.717, 1.165) is 53.6 Å². The van der Waals surface area contributed by atoms with Crippen LogP contribution < -0.4 is 5.32 Å². The summed E-state index contributed by atoms with van der Waals surface area (Å²) in [5.74, 6) is 0.0254. The van der Waals surface area contributed by atoms with Gasteiger partial charge in [-0.05, 0) is 60.9 Å². The molecular weight excluding hydrogens is 490 g/mol. The minimum absolute atomic E-state index is 0.0254. The Hall–Kier alpha value is -4.00. The molecule has 0 bridgehead atoms. The van der Waals surface area contributed by atoms with Crippen molar-refractivity contribution in [3.05, 3.63) is 121 Å². The highest BCUT2D eigenvalue weighted by Crippen LogP contribution is 2.33. The Kier molecular flexibility index (Phi) is 6.90. The van der Waals surface area contributed by atoms with Crippen LogP contribution in [0.25, 0.3) is 22.0 Å². The van der Waals surface area contributed by atoms with Crippen molar-refractivity contribution in [2.75, 3.05) is 18.4 Å². The summed E-state index contributed by atoms with van der Waals surface area (Å²) < 4.78 is 15.5. The molecular formula is C32H29N3O2S. The molecule has 5 aromatic rings. The topological polar surface area (TPSA) is 60.3 Å². The summed E-state index contributed by atoms with van der Waals surface area (Å²) in [5.41, 5.74) is 4.73. The minimum atomic E-state index is -1.45. The van der Waals surface area contributed by atoms with Crippen molar-refractivity contribution in [1.29, 1.82) is 0 Å². The van der Waals surface area contributed by atoms with Gasteiger partial charge in [0.05, 0.1) is 11.7 Å². The molecule has 6 heteroatoms. The van der Waals surface area contributed by atoms with Gasteiger partial charge >= 0.3 is 0 Å². The Morgan fingerprint density at radius 2 is 1.55 bits per heavy atom. The Bertz CT molecular complexity index is 1530. The second-order valence-electron chi connectivity index (χ2n) is 9.57. The minimum Gasteiger partial charge on any atom is -0.587 e. The Morgan fingerprint density at radius 1 is 0.868 bits per heavy atom. The molecule has 2 unspecified atom stereocenters. The third-order valence-electron chi connectivity index (χ3n) is 7.20. The predicted molar refractivity (Wildman–Crippen MR) is 155 cm³/mol. The number of anilines is 1. The van der Waals surface area contributed by atoms with E-state index in [1.807, 2.05) is 93.9 Å². The van der Waals surface area contributed by atoms with Crippen molar-refractivity contribution in [3.63, 3.8) is 0 Å². The average Bonchev–Trinajstić information content (AvgIpc) is 3.62. The van der Waals surface area contributed by atoms with E-state index < -0.39 is 11.4 Å². The van der Waals surface area contributed by atoms with E-state index in [0.29, 0.717) is 10.5 Å². The first-order chi connectivity index (χ1) is 18.7. The Morgan fingerprint density at radius 3 is 2.32 bits per heavy atom. The molecule has 2 atom stereocenters. The van der Waals surface area contributed by atoms with Crippen LogP contribution in [0.1, 0.15) is 23.2 Å². The van der Waals surface area contributed by atoms with Crippen molar-refractivity contribution in [2.45, 2.75) is 23.8 Å². The highest BCUT2D eigenvalue weighted by atomic mass is 32.2. The molecule has 1 saturated heterocycles. The molecule has 190 valence electrons. The molecule has 0 radical (unpaired) electrons. The zero-order chi connectivity index (χ0) is 25.9. The molecule has 1 aliphatic rings. The third kappa shape index (κ3) is 4.80. The number of para-hydroxylation sites is 2. The van der Waals surface area contributed by atoms with E-state index in [1.54, 1.807) is 12.1 Å². The zero-order valence-electron chi connectivity index (χ0n) is 21.0. The van der Waals surface area contributed by atoms with Crippen molar-refractivity contribution < 1.29 is 9.35 Å². The van der Waals surface area contributed by atoms with Gasteiger partial charge in [0.1, 0.15) is 11.4 Å². The SMILES string of the molecule is O=C(c1ccc([S+]([O-])n2cc(-c3ccccc3)c3ccccc32)cc1)N1CCCC1CNc1ccccc1. The molecule has 1 N–H and O–H groups in total. The molecule has 6 rings (SSSR count). The predicted octanol–water partition coefficient (Wildman–Crippen LogP) is 6.60. The number of likely N-dealkylation sites (tertiary alicyclic amines) is 1. The van der Waals surface area contributed by atoms with Gasteiger partial charge in [0, 0.05) is 41.3 Å². The highest BCUT2D eigenvalue weighted by molar-refractivity contribution is 7.90. The van der Waals surface area contributed by atoms with Gasteiger partial charge in [0.25, 0.3) is 5.91 Å². The molecule has 1 fully saturated rings. The maximum Gasteiger partial charge on any atom is 0.254 e. The monoisotopic (exact) mass is 519 g/mol. The van der Waals surface area contributed by atoms with Gasteiger partial charge in [-0.2, -0.15) is 3.97 Å². The van der Waals surface area contributed by atoms with E-state index in [-0.39, 0.29) is 11.9 Å². The zero-order valence-corrected chi connectivity index (χ0v) is 21.8.